The van der Waals surface area contributed by atoms with Crippen LogP contribution in [0.25, 0.3) is 11.0 Å². The van der Waals surface area contributed by atoms with Gasteiger partial charge >= 0.3 is 5.97 Å². The highest BCUT2D eigenvalue weighted by atomic mass is 19.1. The lowest BCUT2D eigenvalue weighted by Crippen LogP contribution is -2.44. The molecule has 0 bridgehead atoms. The van der Waals surface area contributed by atoms with E-state index >= 15 is 0 Å². The van der Waals surface area contributed by atoms with Crippen molar-refractivity contribution in [1.29, 1.82) is 5.41 Å². The predicted octanol–water partition coefficient (Wildman–Crippen LogP) is 1.18. The lowest BCUT2D eigenvalue weighted by molar-refractivity contribution is -0.145. The Bertz CT molecular complexity index is 1290. The van der Waals surface area contributed by atoms with Crippen molar-refractivity contribution in [3.05, 3.63) is 53.6 Å². The molecule has 0 radical (unpaired) electrons. The van der Waals surface area contributed by atoms with E-state index in [2.05, 4.69) is 32.1 Å². The Labute approximate surface area is 206 Å². The number of aliphatic hydroxyl groups is 1. The number of aromatic nitrogens is 2. The number of imidazole rings is 1. The summed E-state index contributed by atoms with van der Waals surface area (Å²) in [5.74, 6) is -2.71. The van der Waals surface area contributed by atoms with Gasteiger partial charge in [0.1, 0.15) is 23.7 Å². The van der Waals surface area contributed by atoms with Gasteiger partial charge < -0.3 is 41.2 Å². The second kappa shape index (κ2) is 10.8. The van der Waals surface area contributed by atoms with E-state index in [1.807, 2.05) is 18.2 Å². The first-order valence-electron chi connectivity index (χ1n) is 11.2. The molecule has 11 nitrogen and oxygen atoms in total. The zero-order valence-corrected chi connectivity index (χ0v) is 19.9. The monoisotopic (exact) mass is 500 g/mol. The van der Waals surface area contributed by atoms with Gasteiger partial charge in [-0.2, -0.15) is 0 Å². The van der Waals surface area contributed by atoms with Crippen molar-refractivity contribution in [3.8, 4) is 0 Å². The van der Waals surface area contributed by atoms with Crippen molar-refractivity contribution < 1.29 is 29.7 Å². The number of halogens is 1. The van der Waals surface area contributed by atoms with E-state index in [1.54, 1.807) is 6.07 Å². The zero-order valence-electron chi connectivity index (χ0n) is 19.9. The molecule has 192 valence electrons. The van der Waals surface area contributed by atoms with Crippen LogP contribution in [0.5, 0.6) is 0 Å². The van der Waals surface area contributed by atoms with Crippen LogP contribution in [0.15, 0.2) is 36.4 Å². The summed E-state index contributed by atoms with van der Waals surface area (Å²) in [6.45, 7) is 5.12. The number of carbonyl (C=O) groups is 2. The number of piperazine rings is 1. The molecule has 2 atom stereocenters. The number of aromatic amines is 1. The topological polar surface area (TPSA) is 177 Å². The number of fused-ring (bicyclic) bond motifs is 2. The van der Waals surface area contributed by atoms with Crippen molar-refractivity contribution >= 4 is 40.0 Å². The van der Waals surface area contributed by atoms with Gasteiger partial charge in [-0.3, -0.25) is 4.79 Å². The van der Waals surface area contributed by atoms with Gasteiger partial charge in [0.2, 0.25) is 5.91 Å². The molecule has 0 spiro atoms. The molecule has 1 aromatic heterocycles. The Morgan fingerprint density at radius 2 is 1.89 bits per heavy atom. The molecule has 2 unspecified atom stereocenters. The maximum atomic E-state index is 14.3. The number of H-pyrrole nitrogens is 1. The van der Waals surface area contributed by atoms with Crippen molar-refractivity contribution in [2.24, 2.45) is 0 Å². The van der Waals surface area contributed by atoms with Crippen LogP contribution in [-0.2, 0) is 9.59 Å². The molecular weight excluding hydrogens is 471 g/mol. The molecule has 0 aliphatic carbocycles. The lowest BCUT2D eigenvalue weighted by Gasteiger charge is -2.34. The molecule has 36 heavy (non-hydrogen) atoms. The smallest absolute Gasteiger partial charge is 0.332 e. The third kappa shape index (κ3) is 5.35. The fourth-order valence-electron chi connectivity index (χ4n) is 4.06. The second-order valence-corrected chi connectivity index (χ2v) is 8.63. The number of anilines is 2. The third-order valence-electron chi connectivity index (χ3n) is 6.07. The van der Waals surface area contributed by atoms with E-state index in [0.29, 0.717) is 11.5 Å². The van der Waals surface area contributed by atoms with E-state index in [1.165, 1.54) is 19.1 Å². The molecule has 2 aliphatic rings. The minimum atomic E-state index is -1.23. The summed E-state index contributed by atoms with van der Waals surface area (Å²) in [6, 6.07) is 10.4. The van der Waals surface area contributed by atoms with Gasteiger partial charge in [-0.05, 0) is 44.3 Å². The highest BCUT2D eigenvalue weighted by molar-refractivity contribution is 6.25. The first-order valence-corrected chi connectivity index (χ1v) is 11.2. The van der Waals surface area contributed by atoms with Gasteiger partial charge in [0, 0.05) is 31.9 Å². The van der Waals surface area contributed by atoms with Gasteiger partial charge in [-0.15, -0.1) is 0 Å². The molecule has 5 rings (SSSR count). The SMILES string of the molecule is CC(O)C(=O)O.CN1CCN(c2ccc3nc(C4C(=N)c5c(F)cccc5NC4=O)[nH]c3c2)CC1.O. The van der Waals surface area contributed by atoms with Crippen LogP contribution in [0.2, 0.25) is 0 Å². The van der Waals surface area contributed by atoms with Crippen LogP contribution in [0.3, 0.4) is 0 Å². The number of nitrogens with zero attached hydrogens (tertiary/aromatic N) is 3. The van der Waals surface area contributed by atoms with Gasteiger partial charge in [0.05, 0.1) is 28.0 Å². The summed E-state index contributed by atoms with van der Waals surface area (Å²) >= 11 is 0. The Kier molecular flexibility index (Phi) is 8.03. The molecular formula is C24H29FN6O5. The van der Waals surface area contributed by atoms with Gasteiger partial charge in [0.25, 0.3) is 0 Å². The first kappa shape index (κ1) is 26.7. The van der Waals surface area contributed by atoms with Crippen LogP contribution < -0.4 is 10.2 Å². The molecule has 3 aromatic rings. The van der Waals surface area contributed by atoms with E-state index in [-0.39, 0.29) is 22.7 Å². The average molecular weight is 501 g/mol. The number of hydrogen-bond acceptors (Lipinski definition) is 7. The predicted molar refractivity (Wildman–Crippen MR) is 133 cm³/mol. The average Bonchev–Trinajstić information content (AvgIpc) is 3.22. The van der Waals surface area contributed by atoms with E-state index in [4.69, 9.17) is 15.6 Å². The normalized spacial score (nSPS) is 18.4. The lowest BCUT2D eigenvalue weighted by atomic mass is 9.90. The largest absolute Gasteiger partial charge is 0.479 e. The molecule has 1 saturated heterocycles. The number of carbonyl (C=O) groups excluding carboxylic acids is 1. The number of carboxylic acids is 1. The van der Waals surface area contributed by atoms with E-state index in [0.717, 1.165) is 42.9 Å². The van der Waals surface area contributed by atoms with E-state index in [9.17, 15) is 14.0 Å². The highest BCUT2D eigenvalue weighted by Gasteiger charge is 2.36. The number of rotatable bonds is 3. The zero-order chi connectivity index (χ0) is 25.3. The van der Waals surface area contributed by atoms with Crippen molar-refractivity contribution in [2.75, 3.05) is 43.4 Å². The maximum Gasteiger partial charge on any atom is 0.332 e. The number of benzene rings is 2. The molecule has 2 aromatic carbocycles. The van der Waals surface area contributed by atoms with Crippen molar-refractivity contribution in [3.63, 3.8) is 0 Å². The van der Waals surface area contributed by atoms with Gasteiger partial charge in [0.15, 0.2) is 0 Å². The van der Waals surface area contributed by atoms with Crippen molar-refractivity contribution in [1.82, 2.24) is 14.9 Å². The molecule has 1 amide bonds. The number of aliphatic hydroxyl groups excluding tert-OH is 1. The van der Waals surface area contributed by atoms with Crippen LogP contribution in [-0.4, -0.2) is 87.5 Å². The number of likely N-dealkylation sites (N-methyl/N-ethyl adjacent to an activating group) is 1. The minimum Gasteiger partial charge on any atom is -0.479 e. The van der Waals surface area contributed by atoms with E-state index < -0.39 is 23.8 Å². The number of amides is 1. The Balaban J connectivity index is 0.000000464. The van der Waals surface area contributed by atoms with Crippen LogP contribution in [0, 0.1) is 11.2 Å². The maximum absolute atomic E-state index is 14.3. The molecule has 1 fully saturated rings. The third-order valence-corrected chi connectivity index (χ3v) is 6.07. The quantitative estimate of drug-likeness (QED) is 0.358. The Hall–Kier alpha value is -3.87. The number of nitrogens with one attached hydrogen (secondary N) is 3. The Morgan fingerprint density at radius 3 is 2.53 bits per heavy atom. The van der Waals surface area contributed by atoms with Crippen LogP contribution >= 0.6 is 0 Å². The number of carboxylic acid groups (broad SMARTS) is 1. The standard InChI is InChI=1S/C21H21FN6O.C3H6O3.H2O/c1-27-7-9-28(10-8-27)12-5-6-14-16(11-12)25-20(24-14)18-19(23)17-13(22)3-2-4-15(17)26-21(18)29;1-2(4)3(5)6;/h2-6,11,18,23H,7-10H2,1H3,(H,24,25)(H,26,29);2,4H,1H3,(H,5,6);1H2. The fourth-order valence-corrected chi connectivity index (χ4v) is 4.06. The number of hydrogen-bond donors (Lipinski definition) is 5. The summed E-state index contributed by atoms with van der Waals surface area (Å²) < 4.78 is 14.3. The summed E-state index contributed by atoms with van der Waals surface area (Å²) in [7, 11) is 2.12. The fraction of sp³-hybridized carbons (Fsp3) is 0.333. The minimum absolute atomic E-state index is 0. The highest BCUT2D eigenvalue weighted by Crippen LogP contribution is 2.33. The molecule has 2 aliphatic heterocycles. The van der Waals surface area contributed by atoms with Gasteiger partial charge in [-0.1, -0.05) is 6.07 Å². The first-order chi connectivity index (χ1) is 16.7. The molecule has 3 heterocycles. The number of aliphatic carboxylic acids is 1. The summed E-state index contributed by atoms with van der Waals surface area (Å²) in [4.78, 5) is 34.4. The second-order valence-electron chi connectivity index (χ2n) is 8.63. The van der Waals surface area contributed by atoms with Crippen LogP contribution in [0.4, 0.5) is 15.8 Å². The van der Waals surface area contributed by atoms with Crippen molar-refractivity contribution in [2.45, 2.75) is 18.9 Å². The molecule has 0 saturated carbocycles. The Morgan fingerprint density at radius 1 is 1.22 bits per heavy atom. The summed E-state index contributed by atoms with van der Waals surface area (Å²) in [6.07, 6.45) is -1.23. The molecule has 7 N–H and O–H groups in total. The van der Waals surface area contributed by atoms with Gasteiger partial charge in [-0.25, -0.2) is 14.2 Å². The summed E-state index contributed by atoms with van der Waals surface area (Å²) in [5.41, 5.74) is 2.98. The molecule has 12 heteroatoms. The van der Waals surface area contributed by atoms with Crippen LogP contribution in [0.1, 0.15) is 24.2 Å². The summed E-state index contributed by atoms with van der Waals surface area (Å²) in [5, 5.41) is 26.9.